The Morgan fingerprint density at radius 1 is 1.24 bits per heavy atom. The van der Waals surface area contributed by atoms with Gasteiger partial charge in [0.05, 0.1) is 23.9 Å². The fourth-order valence-corrected chi connectivity index (χ4v) is 2.47. The van der Waals surface area contributed by atoms with Crippen molar-refractivity contribution in [1.82, 2.24) is 4.98 Å². The van der Waals surface area contributed by atoms with Crippen LogP contribution >= 0.6 is 15.9 Å². The predicted molar refractivity (Wildman–Crippen MR) is 74.3 cm³/mol. The fraction of sp³-hybridized carbons (Fsp3) is 0.143. The number of hydrogen-bond acceptors (Lipinski definition) is 3. The summed E-state index contributed by atoms with van der Waals surface area (Å²) in [6.45, 7) is 0. The van der Waals surface area contributed by atoms with Crippen LogP contribution in [0.5, 0.6) is 5.88 Å². The maximum Gasteiger partial charge on any atom is 0.418 e. The van der Waals surface area contributed by atoms with Crippen LogP contribution in [-0.4, -0.2) is 18.4 Å². The minimum atomic E-state index is -4.53. The maximum atomic E-state index is 13.2. The number of aromatic nitrogens is 1. The first kappa shape index (κ1) is 15.5. The van der Waals surface area contributed by atoms with Crippen molar-refractivity contribution in [3.8, 4) is 17.1 Å². The molecule has 0 unspecified atom stereocenters. The van der Waals surface area contributed by atoms with Gasteiger partial charge in [0.25, 0.3) is 0 Å². The Balaban J connectivity index is 2.68. The van der Waals surface area contributed by atoms with Gasteiger partial charge in [-0.05, 0) is 18.2 Å². The van der Waals surface area contributed by atoms with Crippen LogP contribution in [0.15, 0.2) is 34.8 Å². The zero-order valence-electron chi connectivity index (χ0n) is 10.7. The van der Waals surface area contributed by atoms with Gasteiger partial charge in [-0.25, -0.2) is 4.98 Å². The van der Waals surface area contributed by atoms with Gasteiger partial charge in [0.15, 0.2) is 6.29 Å². The molecule has 0 radical (unpaired) electrons. The van der Waals surface area contributed by atoms with Gasteiger partial charge in [-0.2, -0.15) is 13.2 Å². The van der Waals surface area contributed by atoms with Crippen molar-refractivity contribution in [3.05, 3.63) is 45.9 Å². The number of halogens is 4. The Hall–Kier alpha value is -1.89. The first-order chi connectivity index (χ1) is 9.88. The van der Waals surface area contributed by atoms with Crippen molar-refractivity contribution in [2.45, 2.75) is 6.18 Å². The second-order valence-corrected chi connectivity index (χ2v) is 4.93. The normalized spacial score (nSPS) is 11.3. The van der Waals surface area contributed by atoms with Crippen LogP contribution in [0.25, 0.3) is 11.3 Å². The number of methoxy groups -OCH3 is 1. The molecular formula is C14H9BrF3NO2. The lowest BCUT2D eigenvalue weighted by molar-refractivity contribution is -0.137. The Kier molecular flexibility index (Phi) is 4.32. The molecule has 2 aromatic rings. The van der Waals surface area contributed by atoms with Crippen molar-refractivity contribution >= 4 is 22.2 Å². The molecule has 7 heteroatoms. The highest BCUT2D eigenvalue weighted by Gasteiger charge is 2.36. The summed E-state index contributed by atoms with van der Waals surface area (Å²) in [6, 6.07) is 6.83. The Morgan fingerprint density at radius 3 is 2.52 bits per heavy atom. The molecule has 0 atom stereocenters. The smallest absolute Gasteiger partial charge is 0.418 e. The summed E-state index contributed by atoms with van der Waals surface area (Å²) >= 11 is 2.91. The maximum absolute atomic E-state index is 13.2. The standard InChI is InChI=1S/C14H9BrF3NO2/c1-21-13-8(7-20)5-6-11(19-13)9-3-2-4-10(15)12(9)14(16,17)18/h2-7H,1H3. The molecule has 1 heterocycles. The summed E-state index contributed by atoms with van der Waals surface area (Å²) in [5, 5.41) is 0. The summed E-state index contributed by atoms with van der Waals surface area (Å²) < 4.78 is 44.4. The number of aldehydes is 1. The zero-order valence-corrected chi connectivity index (χ0v) is 12.3. The van der Waals surface area contributed by atoms with E-state index in [1.165, 1.54) is 37.4 Å². The van der Waals surface area contributed by atoms with Gasteiger partial charge in [0.1, 0.15) is 0 Å². The van der Waals surface area contributed by atoms with E-state index in [1.54, 1.807) is 0 Å². The van der Waals surface area contributed by atoms with E-state index in [1.807, 2.05) is 0 Å². The van der Waals surface area contributed by atoms with E-state index < -0.39 is 11.7 Å². The number of alkyl halides is 3. The van der Waals surface area contributed by atoms with Crippen LogP contribution in [0.4, 0.5) is 13.2 Å². The van der Waals surface area contributed by atoms with E-state index in [9.17, 15) is 18.0 Å². The number of hydrogen-bond donors (Lipinski definition) is 0. The van der Waals surface area contributed by atoms with Crippen LogP contribution in [0, 0.1) is 0 Å². The van der Waals surface area contributed by atoms with E-state index in [4.69, 9.17) is 4.74 Å². The Morgan fingerprint density at radius 2 is 1.95 bits per heavy atom. The molecule has 0 fully saturated rings. The first-order valence-electron chi connectivity index (χ1n) is 5.74. The third-order valence-corrected chi connectivity index (χ3v) is 3.44. The number of carbonyl (C=O) groups excluding carboxylic acids is 1. The Labute approximate surface area is 126 Å². The topological polar surface area (TPSA) is 39.2 Å². The fourth-order valence-electron chi connectivity index (χ4n) is 1.88. The van der Waals surface area contributed by atoms with Gasteiger partial charge in [-0.1, -0.05) is 28.1 Å². The largest absolute Gasteiger partial charge is 0.480 e. The molecule has 0 aliphatic heterocycles. The second kappa shape index (κ2) is 5.85. The molecule has 0 saturated carbocycles. The highest BCUT2D eigenvalue weighted by atomic mass is 79.9. The van der Waals surface area contributed by atoms with Gasteiger partial charge in [0, 0.05) is 10.0 Å². The van der Waals surface area contributed by atoms with Crippen LogP contribution in [0.1, 0.15) is 15.9 Å². The number of nitrogens with zero attached hydrogens (tertiary/aromatic N) is 1. The van der Waals surface area contributed by atoms with Gasteiger partial charge < -0.3 is 4.74 Å². The summed E-state index contributed by atoms with van der Waals surface area (Å²) in [5.74, 6) is -0.0180. The number of benzene rings is 1. The molecule has 0 N–H and O–H groups in total. The van der Waals surface area contributed by atoms with E-state index in [0.717, 1.165) is 0 Å². The molecule has 0 amide bonds. The van der Waals surface area contributed by atoms with Crippen LogP contribution in [0.2, 0.25) is 0 Å². The number of rotatable bonds is 3. The molecule has 1 aromatic heterocycles. The lowest BCUT2D eigenvalue weighted by Gasteiger charge is -2.15. The summed E-state index contributed by atoms with van der Waals surface area (Å²) in [7, 11) is 1.30. The molecule has 0 aliphatic carbocycles. The van der Waals surface area contributed by atoms with E-state index in [0.29, 0.717) is 6.29 Å². The quantitative estimate of drug-likeness (QED) is 0.764. The summed E-state index contributed by atoms with van der Waals surface area (Å²) in [6.07, 6.45) is -4.01. The average molecular weight is 360 g/mol. The van der Waals surface area contributed by atoms with E-state index >= 15 is 0 Å². The van der Waals surface area contributed by atoms with Crippen LogP contribution < -0.4 is 4.74 Å². The van der Waals surface area contributed by atoms with Crippen molar-refractivity contribution in [3.63, 3.8) is 0 Å². The molecule has 2 rings (SSSR count). The third-order valence-electron chi connectivity index (χ3n) is 2.78. The summed E-state index contributed by atoms with van der Waals surface area (Å²) in [4.78, 5) is 14.8. The number of carbonyl (C=O) groups is 1. The van der Waals surface area contributed by atoms with Crippen LogP contribution in [0.3, 0.4) is 0 Å². The van der Waals surface area contributed by atoms with E-state index in [2.05, 4.69) is 20.9 Å². The lowest BCUT2D eigenvalue weighted by Crippen LogP contribution is -2.09. The molecular weight excluding hydrogens is 351 g/mol. The zero-order chi connectivity index (χ0) is 15.6. The SMILES string of the molecule is COc1nc(-c2cccc(Br)c2C(F)(F)F)ccc1C=O. The highest BCUT2D eigenvalue weighted by Crippen LogP contribution is 2.41. The molecule has 3 nitrogen and oxygen atoms in total. The predicted octanol–water partition coefficient (Wildman–Crippen LogP) is 4.35. The molecule has 110 valence electrons. The van der Waals surface area contributed by atoms with Crippen molar-refractivity contribution in [2.75, 3.05) is 7.11 Å². The van der Waals surface area contributed by atoms with Gasteiger partial charge >= 0.3 is 6.18 Å². The molecule has 0 aliphatic rings. The van der Waals surface area contributed by atoms with E-state index in [-0.39, 0.29) is 27.2 Å². The van der Waals surface area contributed by atoms with Crippen molar-refractivity contribution < 1.29 is 22.7 Å². The Bertz CT molecular complexity index is 686. The third kappa shape index (κ3) is 3.07. The average Bonchev–Trinajstić information content (AvgIpc) is 2.44. The van der Waals surface area contributed by atoms with Crippen molar-refractivity contribution in [2.24, 2.45) is 0 Å². The molecule has 21 heavy (non-hydrogen) atoms. The molecule has 1 aromatic carbocycles. The van der Waals surface area contributed by atoms with Gasteiger partial charge in [-0.15, -0.1) is 0 Å². The number of ether oxygens (including phenoxy) is 1. The first-order valence-corrected chi connectivity index (χ1v) is 6.54. The minimum Gasteiger partial charge on any atom is -0.480 e. The number of pyridine rings is 1. The van der Waals surface area contributed by atoms with Gasteiger partial charge in [0.2, 0.25) is 5.88 Å². The van der Waals surface area contributed by atoms with Gasteiger partial charge in [-0.3, -0.25) is 4.79 Å². The molecule has 0 saturated heterocycles. The molecule has 0 bridgehead atoms. The highest BCUT2D eigenvalue weighted by molar-refractivity contribution is 9.10. The van der Waals surface area contributed by atoms with Crippen LogP contribution in [-0.2, 0) is 6.18 Å². The minimum absolute atomic E-state index is 0.0180. The molecule has 0 spiro atoms. The van der Waals surface area contributed by atoms with Crippen molar-refractivity contribution in [1.29, 1.82) is 0 Å². The monoisotopic (exact) mass is 359 g/mol. The lowest BCUT2D eigenvalue weighted by atomic mass is 10.0. The summed E-state index contributed by atoms with van der Waals surface area (Å²) in [5.41, 5.74) is -0.665. The second-order valence-electron chi connectivity index (χ2n) is 4.07.